The number of nitrogens with zero attached hydrogens (tertiary/aromatic N) is 1. The molecule has 100 valence electrons. The molecule has 0 aromatic heterocycles. The van der Waals surface area contributed by atoms with Gasteiger partial charge in [0, 0.05) is 0 Å². The average Bonchev–Trinajstić information content (AvgIpc) is 1.78. The van der Waals surface area contributed by atoms with E-state index in [4.69, 9.17) is 4.74 Å². The van der Waals surface area contributed by atoms with Crippen LogP contribution in [0.2, 0.25) is 0 Å². The van der Waals surface area contributed by atoms with Gasteiger partial charge in [-0.3, -0.25) is 0 Å². The number of quaternary nitrogens is 1. The molecule has 0 aliphatic carbocycles. The number of carbonyl (C=O) groups is 1. The fraction of sp³-hybridized carbons (Fsp3) is 0.900. The molecule has 0 aliphatic heterocycles. The van der Waals surface area contributed by atoms with Crippen molar-refractivity contribution in [3.05, 3.63) is 0 Å². The number of rotatable bonds is 3. The Kier molecular flexibility index (Phi) is 10.5. The Morgan fingerprint density at radius 1 is 1.25 bits per heavy atom. The highest BCUT2D eigenvalue weighted by molar-refractivity contribution is 5.85. The lowest BCUT2D eigenvalue weighted by atomic mass is 10.2. The van der Waals surface area contributed by atoms with Crippen LogP contribution in [0.5, 0.6) is 0 Å². The normalized spacial score (nSPS) is 10.9. The fourth-order valence-electron chi connectivity index (χ4n) is 0.808. The number of hydrogen-bond donors (Lipinski definition) is 1. The molecule has 16 heavy (non-hydrogen) atoms. The van der Waals surface area contributed by atoms with Crippen LogP contribution in [-0.4, -0.2) is 50.4 Å². The predicted molar refractivity (Wildman–Crippen MR) is 64.4 cm³/mol. The first-order valence-corrected chi connectivity index (χ1v) is 4.87. The maximum atomic E-state index is 11.2. The molecule has 0 atom stereocenters. The SMILES string of the molecule is CC(C)(C)OC(=O)NCC[N+](C)(C)C.Cl.[Cl-]. The van der Waals surface area contributed by atoms with E-state index in [-0.39, 0.29) is 30.9 Å². The zero-order chi connectivity index (χ0) is 11.4. The Morgan fingerprint density at radius 3 is 2.00 bits per heavy atom. The smallest absolute Gasteiger partial charge is 0.407 e. The monoisotopic (exact) mass is 274 g/mol. The quantitative estimate of drug-likeness (QED) is 0.646. The highest BCUT2D eigenvalue weighted by Gasteiger charge is 2.16. The van der Waals surface area contributed by atoms with Crippen LogP contribution in [0.4, 0.5) is 4.79 Å². The second-order valence-corrected chi connectivity index (χ2v) is 5.44. The van der Waals surface area contributed by atoms with Crippen molar-refractivity contribution < 1.29 is 26.4 Å². The maximum Gasteiger partial charge on any atom is 0.407 e. The van der Waals surface area contributed by atoms with Gasteiger partial charge in [-0.25, -0.2) is 4.79 Å². The van der Waals surface area contributed by atoms with Crippen LogP contribution in [0, 0.1) is 0 Å². The number of alkyl carbamates (subject to hydrolysis) is 1. The Morgan fingerprint density at radius 2 is 1.69 bits per heavy atom. The van der Waals surface area contributed by atoms with Crippen molar-refractivity contribution in [3.63, 3.8) is 0 Å². The Labute approximate surface area is 111 Å². The minimum atomic E-state index is -0.416. The van der Waals surface area contributed by atoms with E-state index >= 15 is 0 Å². The molecule has 0 aromatic carbocycles. The number of amides is 1. The van der Waals surface area contributed by atoms with Gasteiger partial charge >= 0.3 is 6.09 Å². The van der Waals surface area contributed by atoms with Crippen molar-refractivity contribution in [2.45, 2.75) is 26.4 Å². The van der Waals surface area contributed by atoms with Gasteiger partial charge in [-0.05, 0) is 20.8 Å². The number of carbonyl (C=O) groups excluding carboxylic acids is 1. The summed E-state index contributed by atoms with van der Waals surface area (Å²) in [4.78, 5) is 11.2. The van der Waals surface area contributed by atoms with E-state index in [9.17, 15) is 4.79 Å². The van der Waals surface area contributed by atoms with Crippen molar-refractivity contribution in [2.75, 3.05) is 34.2 Å². The van der Waals surface area contributed by atoms with Crippen LogP contribution in [0.1, 0.15) is 20.8 Å². The molecule has 4 nitrogen and oxygen atoms in total. The van der Waals surface area contributed by atoms with Gasteiger partial charge in [-0.2, -0.15) is 0 Å². The van der Waals surface area contributed by atoms with Crippen LogP contribution < -0.4 is 17.7 Å². The molecule has 1 N–H and O–H groups in total. The number of likely N-dealkylation sites (N-methyl/N-ethyl adjacent to an activating group) is 1. The summed E-state index contributed by atoms with van der Waals surface area (Å²) in [7, 11) is 6.24. The summed E-state index contributed by atoms with van der Waals surface area (Å²) in [6, 6.07) is 0. The van der Waals surface area contributed by atoms with Gasteiger partial charge in [0.05, 0.1) is 34.2 Å². The fourth-order valence-corrected chi connectivity index (χ4v) is 0.808. The first kappa shape index (κ1) is 21.1. The third-order valence-corrected chi connectivity index (χ3v) is 1.45. The largest absolute Gasteiger partial charge is 1.00 e. The van der Waals surface area contributed by atoms with E-state index in [1.54, 1.807) is 0 Å². The minimum absolute atomic E-state index is 0. The molecule has 0 heterocycles. The lowest BCUT2D eigenvalue weighted by molar-refractivity contribution is -0.869. The van der Waals surface area contributed by atoms with Crippen LogP contribution >= 0.6 is 12.4 Å². The minimum Gasteiger partial charge on any atom is -1.00 e. The van der Waals surface area contributed by atoms with E-state index in [0.29, 0.717) is 6.54 Å². The van der Waals surface area contributed by atoms with E-state index < -0.39 is 5.60 Å². The molecule has 0 rings (SSSR count). The molecule has 0 saturated heterocycles. The van der Waals surface area contributed by atoms with Crippen LogP contribution in [0.15, 0.2) is 0 Å². The molecule has 0 aromatic rings. The zero-order valence-electron chi connectivity index (χ0n) is 11.0. The van der Waals surface area contributed by atoms with Crippen LogP contribution in [0.25, 0.3) is 0 Å². The van der Waals surface area contributed by atoms with Gasteiger partial charge < -0.3 is 26.9 Å². The summed E-state index contributed by atoms with van der Waals surface area (Å²) in [6.45, 7) is 7.09. The summed E-state index contributed by atoms with van der Waals surface area (Å²) in [5.41, 5.74) is -0.416. The van der Waals surface area contributed by atoms with Crippen LogP contribution in [0.3, 0.4) is 0 Å². The average molecular weight is 275 g/mol. The van der Waals surface area contributed by atoms with Crippen molar-refractivity contribution in [2.24, 2.45) is 0 Å². The Balaban J connectivity index is -0.000000845. The molecular formula is C10H24Cl2N2O2. The lowest BCUT2D eigenvalue weighted by Crippen LogP contribution is -3.00. The third kappa shape index (κ3) is 16.2. The highest BCUT2D eigenvalue weighted by Crippen LogP contribution is 2.06. The molecule has 0 saturated carbocycles. The van der Waals surface area contributed by atoms with Crippen molar-refractivity contribution in [1.82, 2.24) is 5.32 Å². The molecular weight excluding hydrogens is 251 g/mol. The maximum absolute atomic E-state index is 11.2. The molecule has 6 heteroatoms. The van der Waals surface area contributed by atoms with E-state index in [1.165, 1.54) is 0 Å². The second-order valence-electron chi connectivity index (χ2n) is 5.44. The zero-order valence-corrected chi connectivity index (χ0v) is 12.5. The summed E-state index contributed by atoms with van der Waals surface area (Å²) in [6.07, 6.45) is -0.342. The number of hydrogen-bond acceptors (Lipinski definition) is 2. The highest BCUT2D eigenvalue weighted by atomic mass is 35.5. The molecule has 0 spiro atoms. The molecule has 1 amide bonds. The topological polar surface area (TPSA) is 38.3 Å². The van der Waals surface area contributed by atoms with Gasteiger partial charge in [0.15, 0.2) is 0 Å². The summed E-state index contributed by atoms with van der Waals surface area (Å²) in [5.74, 6) is 0. The van der Waals surface area contributed by atoms with Crippen molar-refractivity contribution in [1.29, 1.82) is 0 Å². The summed E-state index contributed by atoms with van der Waals surface area (Å²) >= 11 is 0. The standard InChI is InChI=1S/C10H22N2O2.2ClH/c1-10(2,3)14-9(13)11-7-8-12(4,5)6;;/h7-8H2,1-6H3;2*1H. The molecule has 0 bridgehead atoms. The van der Waals surface area contributed by atoms with Gasteiger partial charge in [-0.1, -0.05) is 0 Å². The number of halogens is 2. The van der Waals surface area contributed by atoms with Gasteiger partial charge in [0.2, 0.25) is 0 Å². The molecule has 0 unspecified atom stereocenters. The predicted octanol–water partition coefficient (Wildman–Crippen LogP) is -1.36. The first-order valence-electron chi connectivity index (χ1n) is 4.87. The number of ether oxygens (including phenoxy) is 1. The molecule has 0 aliphatic rings. The Hall–Kier alpha value is -0.190. The summed E-state index contributed by atoms with van der Waals surface area (Å²) in [5, 5.41) is 2.72. The van der Waals surface area contributed by atoms with E-state index in [0.717, 1.165) is 11.0 Å². The molecule has 0 radical (unpaired) electrons. The Bertz CT molecular complexity index is 198. The van der Waals surface area contributed by atoms with Gasteiger partial charge in [0.25, 0.3) is 0 Å². The molecule has 0 fully saturated rings. The van der Waals surface area contributed by atoms with E-state index in [2.05, 4.69) is 26.5 Å². The van der Waals surface area contributed by atoms with Gasteiger partial charge in [0.1, 0.15) is 5.60 Å². The number of nitrogens with one attached hydrogen (secondary N) is 1. The third-order valence-electron chi connectivity index (χ3n) is 1.45. The van der Waals surface area contributed by atoms with Crippen molar-refractivity contribution in [3.8, 4) is 0 Å². The second kappa shape index (κ2) is 7.98. The van der Waals surface area contributed by atoms with Gasteiger partial charge in [-0.15, -0.1) is 12.4 Å². The van der Waals surface area contributed by atoms with Crippen LogP contribution in [-0.2, 0) is 4.74 Å². The summed E-state index contributed by atoms with van der Waals surface area (Å²) < 4.78 is 5.92. The first-order chi connectivity index (χ1) is 6.10. The van der Waals surface area contributed by atoms with E-state index in [1.807, 2.05) is 20.8 Å². The lowest BCUT2D eigenvalue weighted by Gasteiger charge is -2.24. The van der Waals surface area contributed by atoms with Crippen molar-refractivity contribution >= 4 is 18.5 Å².